The molecule has 0 radical (unpaired) electrons. The van der Waals surface area contributed by atoms with Gasteiger partial charge in [-0.05, 0) is 24.6 Å². The van der Waals surface area contributed by atoms with Crippen molar-refractivity contribution in [2.45, 2.75) is 6.92 Å². The van der Waals surface area contributed by atoms with E-state index < -0.39 is 11.8 Å². The first-order valence-corrected chi connectivity index (χ1v) is 7.13. The second-order valence-corrected chi connectivity index (χ2v) is 5.29. The largest absolute Gasteiger partial charge is 0.268 e. The van der Waals surface area contributed by atoms with Crippen LogP contribution >= 0.6 is 0 Å². The van der Waals surface area contributed by atoms with Gasteiger partial charge in [-0.15, -0.1) is 5.10 Å². The van der Waals surface area contributed by atoms with Gasteiger partial charge >= 0.3 is 0 Å². The number of nitrogens with one attached hydrogen (secondary N) is 1. The van der Waals surface area contributed by atoms with Crippen LogP contribution in [0.5, 0.6) is 0 Å². The van der Waals surface area contributed by atoms with Crippen LogP contribution in [-0.2, 0) is 0 Å². The van der Waals surface area contributed by atoms with Crippen molar-refractivity contribution >= 4 is 17.8 Å². The third kappa shape index (κ3) is 1.96. The summed E-state index contributed by atoms with van der Waals surface area (Å²) in [5.41, 5.74) is 2.65. The monoisotopic (exact) mass is 304 g/mol. The zero-order chi connectivity index (χ0) is 16.0. The van der Waals surface area contributed by atoms with Gasteiger partial charge in [0.15, 0.2) is 5.82 Å². The summed E-state index contributed by atoms with van der Waals surface area (Å²) in [5.74, 6) is -0.217. The molecule has 2 amide bonds. The number of fused-ring (bicyclic) bond motifs is 1. The lowest BCUT2D eigenvalue weighted by Crippen LogP contribution is -2.30. The number of anilines is 1. The number of nitrogens with zero attached hydrogens (tertiary/aromatic N) is 3. The van der Waals surface area contributed by atoms with Gasteiger partial charge in [-0.3, -0.25) is 14.7 Å². The van der Waals surface area contributed by atoms with E-state index in [9.17, 15) is 9.59 Å². The number of aromatic nitrogens is 3. The molecule has 0 atom stereocenters. The van der Waals surface area contributed by atoms with E-state index in [1.807, 2.05) is 31.2 Å². The zero-order valence-corrected chi connectivity index (χ0v) is 12.3. The van der Waals surface area contributed by atoms with Gasteiger partial charge in [-0.1, -0.05) is 36.4 Å². The summed E-state index contributed by atoms with van der Waals surface area (Å²) in [6.07, 6.45) is 0. The molecule has 1 aliphatic heterocycles. The minimum absolute atomic E-state index is 0.0643. The lowest BCUT2D eigenvalue weighted by atomic mass is 10.1. The molecule has 1 aliphatic rings. The van der Waals surface area contributed by atoms with Crippen molar-refractivity contribution in [1.82, 2.24) is 15.2 Å². The third-order valence-electron chi connectivity index (χ3n) is 3.87. The fourth-order valence-corrected chi connectivity index (χ4v) is 2.68. The standard InChI is InChI=1S/C17H12N4O2/c1-10-6-2-3-7-11(10)14-18-17(20-19-14)21-15(22)12-8-4-5-9-13(12)16(21)23/h2-9H,1H3,(H,18,19,20). The highest BCUT2D eigenvalue weighted by atomic mass is 16.2. The molecule has 0 fully saturated rings. The van der Waals surface area contributed by atoms with Gasteiger partial charge in [-0.2, -0.15) is 4.98 Å². The van der Waals surface area contributed by atoms with Crippen LogP contribution in [0.4, 0.5) is 5.95 Å². The Morgan fingerprint density at radius 2 is 1.43 bits per heavy atom. The highest BCUT2D eigenvalue weighted by molar-refractivity contribution is 6.33. The highest BCUT2D eigenvalue weighted by Crippen LogP contribution is 2.27. The van der Waals surface area contributed by atoms with Gasteiger partial charge in [0, 0.05) is 5.56 Å². The van der Waals surface area contributed by atoms with E-state index in [4.69, 9.17) is 0 Å². The van der Waals surface area contributed by atoms with Crippen LogP contribution in [0.1, 0.15) is 26.3 Å². The smallest absolute Gasteiger partial charge is 0.268 e. The number of aromatic amines is 1. The second kappa shape index (κ2) is 4.88. The molecule has 0 aliphatic carbocycles. The van der Waals surface area contributed by atoms with Crippen molar-refractivity contribution in [2.24, 2.45) is 0 Å². The van der Waals surface area contributed by atoms with Gasteiger partial charge in [0.2, 0.25) is 0 Å². The molecule has 6 nitrogen and oxygen atoms in total. The molecule has 2 heterocycles. The van der Waals surface area contributed by atoms with E-state index in [0.717, 1.165) is 16.0 Å². The number of carbonyl (C=O) groups is 2. The van der Waals surface area contributed by atoms with Gasteiger partial charge < -0.3 is 0 Å². The first-order chi connectivity index (χ1) is 11.2. The second-order valence-electron chi connectivity index (χ2n) is 5.29. The maximum atomic E-state index is 12.4. The van der Waals surface area contributed by atoms with Crippen LogP contribution in [0.3, 0.4) is 0 Å². The molecule has 0 saturated carbocycles. The Hall–Kier alpha value is -3.28. The SMILES string of the molecule is Cc1ccccc1-c1nc(N2C(=O)c3ccccc3C2=O)n[nH]1. The number of hydrogen-bond donors (Lipinski definition) is 1. The van der Waals surface area contributed by atoms with Crippen molar-refractivity contribution in [2.75, 3.05) is 4.90 Å². The molecule has 1 N–H and O–H groups in total. The van der Waals surface area contributed by atoms with Crippen molar-refractivity contribution in [1.29, 1.82) is 0 Å². The normalized spacial score (nSPS) is 13.5. The molecule has 4 rings (SSSR count). The average molecular weight is 304 g/mol. The van der Waals surface area contributed by atoms with Crippen LogP contribution < -0.4 is 4.90 Å². The third-order valence-corrected chi connectivity index (χ3v) is 3.87. The van der Waals surface area contributed by atoms with E-state index >= 15 is 0 Å². The quantitative estimate of drug-likeness (QED) is 0.738. The van der Waals surface area contributed by atoms with Crippen LogP contribution in [0.15, 0.2) is 48.5 Å². The number of carbonyl (C=O) groups excluding carboxylic acids is 2. The maximum absolute atomic E-state index is 12.4. The minimum Gasteiger partial charge on any atom is -0.268 e. The summed E-state index contributed by atoms with van der Waals surface area (Å²) >= 11 is 0. The number of amides is 2. The molecule has 1 aromatic heterocycles. The predicted octanol–water partition coefficient (Wildman–Crippen LogP) is 2.58. The Labute approximate surface area is 131 Å². The molecule has 6 heteroatoms. The number of rotatable bonds is 2. The number of aryl methyl sites for hydroxylation is 1. The number of H-pyrrole nitrogens is 1. The molecule has 0 unspecified atom stereocenters. The van der Waals surface area contributed by atoms with Crippen molar-refractivity contribution < 1.29 is 9.59 Å². The summed E-state index contributed by atoms with van der Waals surface area (Å²) in [6, 6.07) is 14.4. The van der Waals surface area contributed by atoms with Crippen molar-refractivity contribution in [3.05, 3.63) is 65.2 Å². The van der Waals surface area contributed by atoms with E-state index in [1.54, 1.807) is 24.3 Å². The fraction of sp³-hybridized carbons (Fsp3) is 0.0588. The zero-order valence-electron chi connectivity index (χ0n) is 12.3. The molecule has 0 saturated heterocycles. The Balaban J connectivity index is 1.75. The Kier molecular flexibility index (Phi) is 2.84. The molecule has 3 aromatic rings. The van der Waals surface area contributed by atoms with E-state index in [-0.39, 0.29) is 5.95 Å². The van der Waals surface area contributed by atoms with E-state index in [0.29, 0.717) is 17.0 Å². The number of imide groups is 1. The topological polar surface area (TPSA) is 79.0 Å². The first-order valence-electron chi connectivity index (χ1n) is 7.13. The number of hydrogen-bond acceptors (Lipinski definition) is 4. The van der Waals surface area contributed by atoms with Gasteiger partial charge in [-0.25, -0.2) is 4.90 Å². The van der Waals surface area contributed by atoms with Crippen molar-refractivity contribution in [3.8, 4) is 11.4 Å². The molecule has 0 bridgehead atoms. The molecule has 112 valence electrons. The fourth-order valence-electron chi connectivity index (χ4n) is 2.68. The molecule has 2 aromatic carbocycles. The van der Waals surface area contributed by atoms with Crippen LogP contribution in [-0.4, -0.2) is 27.0 Å². The van der Waals surface area contributed by atoms with Crippen LogP contribution in [0.25, 0.3) is 11.4 Å². The lowest BCUT2D eigenvalue weighted by Gasteiger charge is -2.07. The van der Waals surface area contributed by atoms with Crippen LogP contribution in [0.2, 0.25) is 0 Å². The summed E-state index contributed by atoms with van der Waals surface area (Å²) < 4.78 is 0. The van der Waals surface area contributed by atoms with E-state index in [2.05, 4.69) is 15.2 Å². The average Bonchev–Trinajstić information content (AvgIpc) is 3.13. The summed E-state index contributed by atoms with van der Waals surface area (Å²) in [6.45, 7) is 1.96. The molecular formula is C17H12N4O2. The summed E-state index contributed by atoms with van der Waals surface area (Å²) in [5, 5.41) is 6.85. The van der Waals surface area contributed by atoms with Crippen LogP contribution in [0, 0.1) is 6.92 Å². The van der Waals surface area contributed by atoms with Crippen molar-refractivity contribution in [3.63, 3.8) is 0 Å². The highest BCUT2D eigenvalue weighted by Gasteiger charge is 2.38. The predicted molar refractivity (Wildman–Crippen MR) is 84.1 cm³/mol. The van der Waals surface area contributed by atoms with E-state index in [1.165, 1.54) is 0 Å². The Morgan fingerprint density at radius 3 is 2.04 bits per heavy atom. The lowest BCUT2D eigenvalue weighted by molar-refractivity contribution is 0.0924. The molecule has 0 spiro atoms. The molecule has 23 heavy (non-hydrogen) atoms. The first kappa shape index (κ1) is 13.4. The summed E-state index contributed by atoms with van der Waals surface area (Å²) in [4.78, 5) is 30.2. The minimum atomic E-state index is -0.402. The van der Waals surface area contributed by atoms with Gasteiger partial charge in [0.05, 0.1) is 11.1 Å². The van der Waals surface area contributed by atoms with Gasteiger partial charge in [0.25, 0.3) is 17.8 Å². The van der Waals surface area contributed by atoms with Gasteiger partial charge in [0.1, 0.15) is 0 Å². The summed E-state index contributed by atoms with van der Waals surface area (Å²) in [7, 11) is 0. The maximum Gasteiger partial charge on any atom is 0.268 e. The Morgan fingerprint density at radius 1 is 0.870 bits per heavy atom. The Bertz CT molecular complexity index is 910. The number of benzene rings is 2. The molecular weight excluding hydrogens is 292 g/mol.